The van der Waals surface area contributed by atoms with Crippen molar-refractivity contribution in [2.24, 2.45) is 5.11 Å². The van der Waals surface area contributed by atoms with Gasteiger partial charge in [0.1, 0.15) is 30.5 Å². The van der Waals surface area contributed by atoms with Gasteiger partial charge in [-0.25, -0.2) is 4.79 Å². The Bertz CT molecular complexity index is 1610. The van der Waals surface area contributed by atoms with E-state index in [-0.39, 0.29) is 35.7 Å². The van der Waals surface area contributed by atoms with Gasteiger partial charge < -0.3 is 20.3 Å². The number of amides is 1. The number of aryl methyl sites for hydroxylation is 1. The van der Waals surface area contributed by atoms with E-state index in [1.54, 1.807) is 19.1 Å². The topological polar surface area (TPSA) is 188 Å². The highest BCUT2D eigenvalue weighted by molar-refractivity contribution is 7.86. The summed E-state index contributed by atoms with van der Waals surface area (Å²) in [5, 5.41) is 25.4. The fourth-order valence-electron chi connectivity index (χ4n) is 3.91. The number of halogens is 3. The number of carbonyl (C=O) groups excluding carboxylic acids is 1. The Hall–Kier alpha value is -4.63. The number of benzene rings is 3. The van der Waals surface area contributed by atoms with Crippen LogP contribution in [-0.4, -0.2) is 61.9 Å². The minimum Gasteiger partial charge on any atom is -0.491 e. The molecular weight excluding hydrogens is 621 g/mol. The first-order valence-corrected chi connectivity index (χ1v) is 14.7. The molecule has 0 heterocycles. The maximum Gasteiger partial charge on any atom is 0.416 e. The number of hydrogen-bond acceptors (Lipinski definition) is 8. The molecule has 0 bridgehead atoms. The molecule has 3 atom stereocenters. The van der Waals surface area contributed by atoms with Gasteiger partial charge in [0.2, 0.25) is 5.91 Å². The van der Waals surface area contributed by atoms with Gasteiger partial charge in [-0.15, -0.1) is 0 Å². The number of hydrogen-bond donors (Lipinski definition) is 3. The van der Waals surface area contributed by atoms with E-state index >= 15 is 0 Å². The third-order valence-corrected chi connectivity index (χ3v) is 7.65. The van der Waals surface area contributed by atoms with E-state index in [9.17, 15) is 41.4 Å². The average Bonchev–Trinajstić information content (AvgIpc) is 2.99. The van der Waals surface area contributed by atoms with Crippen molar-refractivity contribution >= 4 is 22.0 Å². The van der Waals surface area contributed by atoms with Crippen molar-refractivity contribution in [1.29, 1.82) is 0 Å². The Kier molecular flexibility index (Phi) is 11.9. The summed E-state index contributed by atoms with van der Waals surface area (Å²) in [4.78, 5) is 27.2. The number of aliphatic hydroxyl groups excluding tert-OH is 1. The zero-order chi connectivity index (χ0) is 33.2. The lowest BCUT2D eigenvalue weighted by molar-refractivity contribution is -0.142. The van der Waals surface area contributed by atoms with Crippen LogP contribution in [0.4, 0.5) is 13.2 Å². The fraction of sp³-hybridized carbons (Fsp3) is 0.310. The molecule has 45 heavy (non-hydrogen) atoms. The number of ether oxygens (including phenoxy) is 1. The van der Waals surface area contributed by atoms with Crippen LogP contribution in [-0.2, 0) is 42.9 Å². The molecule has 0 saturated carbocycles. The minimum atomic E-state index is -4.56. The number of carboxylic acid groups (broad SMARTS) is 1. The van der Waals surface area contributed by atoms with Crippen molar-refractivity contribution < 1.29 is 50.3 Å². The summed E-state index contributed by atoms with van der Waals surface area (Å²) in [6, 6.07) is 13.0. The van der Waals surface area contributed by atoms with Crippen molar-refractivity contribution in [2.75, 3.05) is 13.2 Å². The van der Waals surface area contributed by atoms with Gasteiger partial charge >= 0.3 is 12.1 Å². The molecule has 0 aliphatic rings. The van der Waals surface area contributed by atoms with E-state index in [0.717, 1.165) is 29.8 Å². The van der Waals surface area contributed by atoms with Gasteiger partial charge in [-0.3, -0.25) is 8.98 Å². The van der Waals surface area contributed by atoms with Crippen LogP contribution in [0.2, 0.25) is 0 Å². The largest absolute Gasteiger partial charge is 0.491 e. The van der Waals surface area contributed by atoms with Gasteiger partial charge in [-0.05, 0) is 66.4 Å². The SMILES string of the molecule is Cc1ccc(S(=O)(=O)OCC(O)COc2ccc(C[C@H](N=[N+]=[N-])C(=O)NC(Cc3ccc(C(F)(F)F)cc3)C(=O)O)cc2)cc1. The first-order valence-electron chi connectivity index (χ1n) is 13.3. The predicted octanol–water partition coefficient (Wildman–Crippen LogP) is 4.19. The highest BCUT2D eigenvalue weighted by atomic mass is 32.2. The standard InChI is InChI=1S/C29H29F3N4O8S/c1-18-2-12-24(13-3-18)45(41,42)44-17-22(37)16-43-23-10-6-20(7-11-23)14-25(35-36-33)27(38)34-26(28(39)40)15-19-4-8-21(9-5-19)29(30,31)32/h2-13,22,25-26,37H,14-17H2,1H3,(H,34,38)(H,39,40)/t22?,25-,26?/m0/s1. The van der Waals surface area contributed by atoms with E-state index < -0.39 is 58.5 Å². The van der Waals surface area contributed by atoms with Crippen LogP contribution < -0.4 is 10.1 Å². The summed E-state index contributed by atoms with van der Waals surface area (Å²) in [6.45, 7) is 0.950. The Morgan fingerprint density at radius 3 is 2.09 bits per heavy atom. The second-order valence-electron chi connectivity index (χ2n) is 9.88. The summed E-state index contributed by atoms with van der Waals surface area (Å²) in [7, 11) is -4.07. The van der Waals surface area contributed by atoms with Crippen LogP contribution in [0.25, 0.3) is 10.4 Å². The molecule has 3 aromatic carbocycles. The molecule has 0 aliphatic heterocycles. The Balaban J connectivity index is 1.54. The van der Waals surface area contributed by atoms with Crippen molar-refractivity contribution in [3.8, 4) is 5.75 Å². The molecule has 0 spiro atoms. The monoisotopic (exact) mass is 650 g/mol. The molecule has 3 aromatic rings. The number of aliphatic hydroxyl groups is 1. The molecule has 1 amide bonds. The molecule has 2 unspecified atom stereocenters. The maximum atomic E-state index is 12.8. The predicted molar refractivity (Wildman–Crippen MR) is 154 cm³/mol. The summed E-state index contributed by atoms with van der Waals surface area (Å²) in [5.41, 5.74) is 9.64. The van der Waals surface area contributed by atoms with Crippen molar-refractivity contribution in [1.82, 2.24) is 5.32 Å². The molecule has 3 rings (SSSR count). The number of rotatable bonds is 15. The Labute approximate surface area is 256 Å². The van der Waals surface area contributed by atoms with Crippen LogP contribution in [0.3, 0.4) is 0 Å². The van der Waals surface area contributed by atoms with Crippen LogP contribution >= 0.6 is 0 Å². The van der Waals surface area contributed by atoms with Gasteiger partial charge in [-0.2, -0.15) is 21.6 Å². The van der Waals surface area contributed by atoms with Gasteiger partial charge in [0.25, 0.3) is 10.1 Å². The number of carboxylic acids is 1. The summed E-state index contributed by atoms with van der Waals surface area (Å²) < 4.78 is 73.3. The van der Waals surface area contributed by atoms with Crippen molar-refractivity contribution in [2.45, 2.75) is 49.0 Å². The van der Waals surface area contributed by atoms with Crippen LogP contribution in [0, 0.1) is 6.92 Å². The smallest absolute Gasteiger partial charge is 0.416 e. The second-order valence-corrected chi connectivity index (χ2v) is 11.5. The van der Waals surface area contributed by atoms with Crippen molar-refractivity contribution in [3.63, 3.8) is 0 Å². The second kappa shape index (κ2) is 15.4. The minimum absolute atomic E-state index is 0.0536. The number of alkyl halides is 3. The molecule has 3 N–H and O–H groups in total. The summed E-state index contributed by atoms with van der Waals surface area (Å²) in [5.74, 6) is -2.06. The normalized spacial score (nSPS) is 13.6. The molecule has 240 valence electrons. The van der Waals surface area contributed by atoms with Crippen molar-refractivity contribution in [3.05, 3.63) is 105 Å². The lowest BCUT2D eigenvalue weighted by atomic mass is 10.0. The Morgan fingerprint density at radius 2 is 1.53 bits per heavy atom. The third-order valence-electron chi connectivity index (χ3n) is 6.35. The number of carbonyl (C=O) groups is 2. The molecule has 0 aliphatic carbocycles. The maximum absolute atomic E-state index is 12.8. The fourth-order valence-corrected chi connectivity index (χ4v) is 4.85. The van der Waals surface area contributed by atoms with Gasteiger partial charge in [0.15, 0.2) is 0 Å². The molecule has 16 heteroatoms. The summed E-state index contributed by atoms with van der Waals surface area (Å²) >= 11 is 0. The zero-order valence-electron chi connectivity index (χ0n) is 23.7. The van der Waals surface area contributed by atoms with E-state index in [2.05, 4.69) is 15.3 Å². The van der Waals surface area contributed by atoms with Crippen LogP contribution in [0.5, 0.6) is 5.75 Å². The molecular formula is C29H29F3N4O8S. The average molecular weight is 651 g/mol. The van der Waals surface area contributed by atoms with Gasteiger partial charge in [0, 0.05) is 11.3 Å². The van der Waals surface area contributed by atoms with Crippen LogP contribution in [0.15, 0.2) is 82.8 Å². The lowest BCUT2D eigenvalue weighted by Crippen LogP contribution is -2.46. The molecule has 0 fully saturated rings. The van der Waals surface area contributed by atoms with Gasteiger partial charge in [0.05, 0.1) is 17.1 Å². The van der Waals surface area contributed by atoms with E-state index in [1.165, 1.54) is 36.4 Å². The van der Waals surface area contributed by atoms with E-state index in [4.69, 9.17) is 14.5 Å². The number of azide groups is 1. The first-order chi connectivity index (χ1) is 21.2. The molecule has 12 nitrogen and oxygen atoms in total. The molecule has 0 saturated heterocycles. The lowest BCUT2D eigenvalue weighted by Gasteiger charge is -2.18. The van der Waals surface area contributed by atoms with Gasteiger partial charge in [-0.1, -0.05) is 47.1 Å². The number of nitrogens with zero attached hydrogens (tertiary/aromatic N) is 3. The first kappa shape index (κ1) is 34.9. The van der Waals surface area contributed by atoms with E-state index in [1.807, 2.05) is 0 Å². The summed E-state index contributed by atoms with van der Waals surface area (Å²) in [6.07, 6.45) is -6.29. The van der Waals surface area contributed by atoms with Crippen LogP contribution in [0.1, 0.15) is 22.3 Å². The highest BCUT2D eigenvalue weighted by Gasteiger charge is 2.30. The number of aliphatic carboxylic acids is 1. The van der Waals surface area contributed by atoms with E-state index in [0.29, 0.717) is 5.56 Å². The quantitative estimate of drug-likeness (QED) is 0.0945. The third kappa shape index (κ3) is 10.8. The Morgan fingerprint density at radius 1 is 0.956 bits per heavy atom. The zero-order valence-corrected chi connectivity index (χ0v) is 24.5. The molecule has 0 radical (unpaired) electrons. The highest BCUT2D eigenvalue weighted by Crippen LogP contribution is 2.29. The molecule has 0 aromatic heterocycles. The number of nitrogens with one attached hydrogen (secondary N) is 1.